The summed E-state index contributed by atoms with van der Waals surface area (Å²) in [6.45, 7) is 6.35. The first-order valence-electron chi connectivity index (χ1n) is 6.25. The second-order valence-electron chi connectivity index (χ2n) is 5.38. The second-order valence-corrected chi connectivity index (χ2v) is 5.38. The average Bonchev–Trinajstić information content (AvgIpc) is 2.77. The lowest BCUT2D eigenvalue weighted by atomic mass is 9.90. The molecular weight excluding hydrogens is 231 g/mol. The third-order valence-corrected chi connectivity index (χ3v) is 3.57. The summed E-state index contributed by atoms with van der Waals surface area (Å²) in [4.78, 5) is 11.9. The maximum Gasteiger partial charge on any atom is 0.251 e. The van der Waals surface area contributed by atoms with E-state index in [9.17, 15) is 9.18 Å². The van der Waals surface area contributed by atoms with E-state index < -0.39 is 0 Å². The van der Waals surface area contributed by atoms with Crippen molar-refractivity contribution in [2.75, 3.05) is 19.6 Å². The van der Waals surface area contributed by atoms with E-state index in [-0.39, 0.29) is 17.1 Å². The Morgan fingerprint density at radius 3 is 2.94 bits per heavy atom. The van der Waals surface area contributed by atoms with Gasteiger partial charge in [0.1, 0.15) is 5.82 Å². The number of rotatable bonds is 3. The van der Waals surface area contributed by atoms with E-state index in [1.165, 1.54) is 6.07 Å². The zero-order valence-corrected chi connectivity index (χ0v) is 10.8. The Hall–Kier alpha value is -1.42. The molecule has 98 valence electrons. The van der Waals surface area contributed by atoms with Gasteiger partial charge < -0.3 is 10.6 Å². The van der Waals surface area contributed by atoms with Crippen LogP contribution in [-0.4, -0.2) is 25.5 Å². The molecule has 3 nitrogen and oxygen atoms in total. The van der Waals surface area contributed by atoms with Crippen LogP contribution in [0.3, 0.4) is 0 Å². The largest absolute Gasteiger partial charge is 0.351 e. The molecule has 0 aromatic heterocycles. The van der Waals surface area contributed by atoms with Gasteiger partial charge in [0.05, 0.1) is 0 Å². The lowest BCUT2D eigenvalue weighted by Gasteiger charge is -2.22. The lowest BCUT2D eigenvalue weighted by molar-refractivity contribution is 0.0936. The van der Waals surface area contributed by atoms with Crippen LogP contribution in [-0.2, 0) is 0 Å². The highest BCUT2D eigenvalue weighted by Gasteiger charge is 2.28. The Morgan fingerprint density at radius 1 is 1.56 bits per heavy atom. The highest BCUT2D eigenvalue weighted by Crippen LogP contribution is 2.23. The fraction of sp³-hybridized carbons (Fsp3) is 0.500. The van der Waals surface area contributed by atoms with E-state index in [0.717, 1.165) is 19.5 Å². The van der Waals surface area contributed by atoms with Crippen molar-refractivity contribution in [3.8, 4) is 0 Å². The van der Waals surface area contributed by atoms with Gasteiger partial charge in [0.25, 0.3) is 5.91 Å². The summed E-state index contributed by atoms with van der Waals surface area (Å²) in [7, 11) is 0. The summed E-state index contributed by atoms with van der Waals surface area (Å²) in [5.74, 6) is -0.543. The molecule has 1 aromatic rings. The molecule has 1 aromatic carbocycles. The highest BCUT2D eigenvalue weighted by atomic mass is 19.1. The molecule has 0 radical (unpaired) electrons. The summed E-state index contributed by atoms with van der Waals surface area (Å²) < 4.78 is 13.4. The first-order chi connectivity index (χ1) is 8.50. The van der Waals surface area contributed by atoms with Crippen LogP contribution in [0.1, 0.15) is 29.3 Å². The molecule has 1 amide bonds. The number of carbonyl (C=O) groups is 1. The van der Waals surface area contributed by atoms with Crippen molar-refractivity contribution in [3.63, 3.8) is 0 Å². The Balaban J connectivity index is 1.97. The van der Waals surface area contributed by atoms with Crippen LogP contribution in [0, 0.1) is 18.2 Å². The van der Waals surface area contributed by atoms with E-state index in [0.29, 0.717) is 17.7 Å². The highest BCUT2D eigenvalue weighted by molar-refractivity contribution is 5.94. The fourth-order valence-corrected chi connectivity index (χ4v) is 2.15. The van der Waals surface area contributed by atoms with Gasteiger partial charge in [0, 0.05) is 18.7 Å². The molecular formula is C14H19FN2O. The van der Waals surface area contributed by atoms with Gasteiger partial charge in [-0.3, -0.25) is 4.79 Å². The zero-order chi connectivity index (χ0) is 13.2. The predicted molar refractivity (Wildman–Crippen MR) is 69.1 cm³/mol. The van der Waals surface area contributed by atoms with Crippen molar-refractivity contribution >= 4 is 5.91 Å². The Morgan fingerprint density at radius 2 is 2.33 bits per heavy atom. The zero-order valence-electron chi connectivity index (χ0n) is 10.8. The molecule has 1 aliphatic rings. The van der Waals surface area contributed by atoms with Gasteiger partial charge in [-0.25, -0.2) is 4.39 Å². The minimum Gasteiger partial charge on any atom is -0.351 e. The molecule has 1 fully saturated rings. The molecule has 0 aliphatic carbocycles. The van der Waals surface area contributed by atoms with Crippen molar-refractivity contribution in [3.05, 3.63) is 35.1 Å². The summed E-state index contributed by atoms with van der Waals surface area (Å²) >= 11 is 0. The van der Waals surface area contributed by atoms with Gasteiger partial charge in [-0.15, -0.1) is 0 Å². The fourth-order valence-electron chi connectivity index (χ4n) is 2.15. The molecule has 2 rings (SSSR count). The quantitative estimate of drug-likeness (QED) is 0.859. The molecule has 4 heteroatoms. The van der Waals surface area contributed by atoms with Gasteiger partial charge in [0.2, 0.25) is 0 Å². The molecule has 1 unspecified atom stereocenters. The number of halogens is 1. The molecule has 1 atom stereocenters. The number of aryl methyl sites for hydroxylation is 1. The summed E-state index contributed by atoms with van der Waals surface area (Å²) in [5, 5.41) is 6.16. The van der Waals surface area contributed by atoms with Gasteiger partial charge in [-0.1, -0.05) is 13.0 Å². The molecule has 0 saturated carbocycles. The lowest BCUT2D eigenvalue weighted by Crippen LogP contribution is -2.37. The minimum absolute atomic E-state index is 0.110. The van der Waals surface area contributed by atoms with Crippen LogP contribution in [0.15, 0.2) is 18.2 Å². The van der Waals surface area contributed by atoms with Crippen LogP contribution in [0.5, 0.6) is 0 Å². The third kappa shape index (κ3) is 2.88. The molecule has 2 N–H and O–H groups in total. The topological polar surface area (TPSA) is 41.1 Å². The molecule has 18 heavy (non-hydrogen) atoms. The van der Waals surface area contributed by atoms with Crippen LogP contribution in [0.2, 0.25) is 0 Å². The van der Waals surface area contributed by atoms with Crippen molar-refractivity contribution in [2.24, 2.45) is 5.41 Å². The maximum absolute atomic E-state index is 13.4. The summed E-state index contributed by atoms with van der Waals surface area (Å²) in [5.41, 5.74) is 1.05. The van der Waals surface area contributed by atoms with E-state index in [2.05, 4.69) is 17.6 Å². The number of carbonyl (C=O) groups excluding carboxylic acids is 1. The molecule has 0 spiro atoms. The number of hydrogen-bond acceptors (Lipinski definition) is 2. The van der Waals surface area contributed by atoms with Crippen LogP contribution < -0.4 is 10.6 Å². The standard InChI is InChI=1S/C14H19FN2O/c1-10-3-4-11(7-12(10)15)13(18)17-9-14(2)5-6-16-8-14/h3-4,7,16H,5-6,8-9H2,1-2H3,(H,17,18). The van der Waals surface area contributed by atoms with Gasteiger partial charge in [0.15, 0.2) is 0 Å². The molecule has 1 heterocycles. The van der Waals surface area contributed by atoms with Crippen molar-refractivity contribution < 1.29 is 9.18 Å². The predicted octanol–water partition coefficient (Wildman–Crippen LogP) is 1.86. The monoisotopic (exact) mass is 250 g/mol. The Bertz CT molecular complexity index is 453. The average molecular weight is 250 g/mol. The van der Waals surface area contributed by atoms with Gasteiger partial charge in [-0.2, -0.15) is 0 Å². The summed E-state index contributed by atoms with van der Waals surface area (Å²) in [6, 6.07) is 4.58. The van der Waals surface area contributed by atoms with E-state index in [4.69, 9.17) is 0 Å². The van der Waals surface area contributed by atoms with Crippen LogP contribution >= 0.6 is 0 Å². The van der Waals surface area contributed by atoms with Crippen molar-refractivity contribution in [1.82, 2.24) is 10.6 Å². The number of benzene rings is 1. The SMILES string of the molecule is Cc1ccc(C(=O)NCC2(C)CCNC2)cc1F. The first-order valence-corrected chi connectivity index (χ1v) is 6.25. The molecule has 1 aliphatic heterocycles. The molecule has 1 saturated heterocycles. The van der Waals surface area contributed by atoms with Crippen LogP contribution in [0.4, 0.5) is 4.39 Å². The maximum atomic E-state index is 13.4. The molecule has 0 bridgehead atoms. The smallest absolute Gasteiger partial charge is 0.251 e. The normalized spacial score (nSPS) is 23.1. The second kappa shape index (κ2) is 5.06. The van der Waals surface area contributed by atoms with Gasteiger partial charge >= 0.3 is 0 Å². The van der Waals surface area contributed by atoms with Crippen molar-refractivity contribution in [2.45, 2.75) is 20.3 Å². The Labute approximate surface area is 107 Å². The van der Waals surface area contributed by atoms with Gasteiger partial charge in [-0.05, 0) is 43.0 Å². The number of hydrogen-bond donors (Lipinski definition) is 2. The Kier molecular flexibility index (Phi) is 3.66. The minimum atomic E-state index is -0.337. The van der Waals surface area contributed by atoms with Crippen LogP contribution in [0.25, 0.3) is 0 Å². The summed E-state index contributed by atoms with van der Waals surface area (Å²) in [6.07, 6.45) is 1.05. The first kappa shape index (κ1) is 13.0. The van der Waals surface area contributed by atoms with E-state index >= 15 is 0 Å². The number of amides is 1. The number of nitrogens with one attached hydrogen (secondary N) is 2. The third-order valence-electron chi connectivity index (χ3n) is 3.57. The van der Waals surface area contributed by atoms with E-state index in [1.54, 1.807) is 19.1 Å². The van der Waals surface area contributed by atoms with E-state index in [1.807, 2.05) is 0 Å². The van der Waals surface area contributed by atoms with Crippen molar-refractivity contribution in [1.29, 1.82) is 0 Å².